The summed E-state index contributed by atoms with van der Waals surface area (Å²) in [6, 6.07) is 12.4. The van der Waals surface area contributed by atoms with Gasteiger partial charge in [0.2, 0.25) is 5.28 Å². The van der Waals surface area contributed by atoms with Crippen LogP contribution in [0.25, 0.3) is 27.6 Å². The molecular weight excluding hydrogens is 362 g/mol. The van der Waals surface area contributed by atoms with Crippen molar-refractivity contribution in [3.63, 3.8) is 0 Å². The fraction of sp³-hybridized carbons (Fsp3) is 0.250. The topological polar surface area (TPSA) is 56.1 Å². The SMILES string of the molecule is CC1COCCN1c1nc(Cl)nc2c1ccn2-c1ccnc2ccccc12. The monoisotopic (exact) mass is 379 g/mol. The Kier molecular flexibility index (Phi) is 3.95. The lowest BCUT2D eigenvalue weighted by molar-refractivity contribution is 0.0987. The van der Waals surface area contributed by atoms with E-state index in [-0.39, 0.29) is 11.3 Å². The van der Waals surface area contributed by atoms with Gasteiger partial charge < -0.3 is 14.2 Å². The predicted octanol–water partition coefficient (Wildman–Crippen LogP) is 3.85. The third-order valence-corrected chi connectivity index (χ3v) is 5.19. The zero-order chi connectivity index (χ0) is 18.4. The molecule has 1 aliphatic rings. The van der Waals surface area contributed by atoms with Crippen LogP contribution in [0.15, 0.2) is 48.8 Å². The van der Waals surface area contributed by atoms with E-state index in [1.807, 2.05) is 36.7 Å². The van der Waals surface area contributed by atoms with Crippen LogP contribution in [-0.4, -0.2) is 45.3 Å². The lowest BCUT2D eigenvalue weighted by Crippen LogP contribution is -2.44. The minimum atomic E-state index is 0.234. The van der Waals surface area contributed by atoms with Gasteiger partial charge in [-0.15, -0.1) is 0 Å². The van der Waals surface area contributed by atoms with Crippen LogP contribution in [0.5, 0.6) is 0 Å². The third-order valence-electron chi connectivity index (χ3n) is 5.02. The molecule has 0 spiro atoms. The van der Waals surface area contributed by atoms with Crippen molar-refractivity contribution in [2.45, 2.75) is 13.0 Å². The second-order valence-corrected chi connectivity index (χ2v) is 7.04. The Morgan fingerprint density at radius 3 is 2.89 bits per heavy atom. The van der Waals surface area contributed by atoms with Gasteiger partial charge in [0.05, 0.1) is 35.8 Å². The Hall–Kier alpha value is -2.70. The number of hydrogen-bond donors (Lipinski definition) is 0. The van der Waals surface area contributed by atoms with Crippen molar-refractivity contribution in [2.24, 2.45) is 0 Å². The minimum absolute atomic E-state index is 0.234. The molecule has 136 valence electrons. The molecule has 27 heavy (non-hydrogen) atoms. The summed E-state index contributed by atoms with van der Waals surface area (Å²) >= 11 is 6.32. The predicted molar refractivity (Wildman–Crippen MR) is 107 cm³/mol. The number of ether oxygens (including phenoxy) is 1. The maximum Gasteiger partial charge on any atom is 0.226 e. The average Bonchev–Trinajstić information content (AvgIpc) is 3.11. The van der Waals surface area contributed by atoms with E-state index in [2.05, 4.69) is 43.5 Å². The molecule has 1 aliphatic heterocycles. The van der Waals surface area contributed by atoms with Crippen molar-refractivity contribution in [1.29, 1.82) is 0 Å². The molecule has 0 saturated carbocycles. The van der Waals surface area contributed by atoms with Crippen molar-refractivity contribution in [2.75, 3.05) is 24.7 Å². The molecule has 1 fully saturated rings. The second-order valence-electron chi connectivity index (χ2n) is 6.70. The van der Waals surface area contributed by atoms with Gasteiger partial charge in [-0.3, -0.25) is 4.98 Å². The number of nitrogens with zero attached hydrogens (tertiary/aromatic N) is 5. The van der Waals surface area contributed by atoms with Gasteiger partial charge in [0.1, 0.15) is 5.82 Å². The number of halogens is 1. The quantitative estimate of drug-likeness (QED) is 0.495. The lowest BCUT2D eigenvalue weighted by atomic mass is 10.2. The molecule has 1 saturated heterocycles. The third kappa shape index (κ3) is 2.72. The number of para-hydroxylation sites is 1. The first-order valence-corrected chi connectivity index (χ1v) is 9.33. The molecule has 1 atom stereocenters. The van der Waals surface area contributed by atoms with Gasteiger partial charge in [-0.2, -0.15) is 9.97 Å². The Balaban J connectivity index is 1.73. The Labute approximate surface area is 161 Å². The summed E-state index contributed by atoms with van der Waals surface area (Å²) < 4.78 is 7.63. The highest BCUT2D eigenvalue weighted by Gasteiger charge is 2.24. The summed E-state index contributed by atoms with van der Waals surface area (Å²) in [7, 11) is 0. The number of morpholine rings is 1. The Bertz CT molecular complexity index is 1140. The van der Waals surface area contributed by atoms with Crippen LogP contribution in [0.3, 0.4) is 0 Å². The molecule has 7 heteroatoms. The smallest absolute Gasteiger partial charge is 0.226 e. The van der Waals surface area contributed by atoms with Crippen molar-refractivity contribution >= 4 is 39.4 Å². The van der Waals surface area contributed by atoms with Crippen LogP contribution >= 0.6 is 11.6 Å². The number of anilines is 1. The van der Waals surface area contributed by atoms with E-state index >= 15 is 0 Å². The number of rotatable bonds is 2. The van der Waals surface area contributed by atoms with Crippen LogP contribution in [0.4, 0.5) is 5.82 Å². The summed E-state index contributed by atoms with van der Waals surface area (Å²) in [6.07, 6.45) is 3.84. The van der Waals surface area contributed by atoms with Crippen LogP contribution in [0.1, 0.15) is 6.92 Å². The number of pyridine rings is 1. The van der Waals surface area contributed by atoms with Gasteiger partial charge in [0.25, 0.3) is 0 Å². The highest BCUT2D eigenvalue weighted by atomic mass is 35.5. The summed E-state index contributed by atoms with van der Waals surface area (Å²) in [6.45, 7) is 4.28. The van der Waals surface area contributed by atoms with E-state index in [1.54, 1.807) is 0 Å². The van der Waals surface area contributed by atoms with Crippen LogP contribution in [0, 0.1) is 0 Å². The Morgan fingerprint density at radius 2 is 2.00 bits per heavy atom. The minimum Gasteiger partial charge on any atom is -0.377 e. The zero-order valence-electron chi connectivity index (χ0n) is 14.8. The van der Waals surface area contributed by atoms with Crippen molar-refractivity contribution in [1.82, 2.24) is 19.5 Å². The first-order chi connectivity index (χ1) is 13.2. The van der Waals surface area contributed by atoms with E-state index in [1.165, 1.54) is 0 Å². The van der Waals surface area contributed by atoms with Crippen molar-refractivity contribution < 1.29 is 4.74 Å². The summed E-state index contributed by atoms with van der Waals surface area (Å²) in [4.78, 5) is 15.8. The molecule has 5 rings (SSSR count). The van der Waals surface area contributed by atoms with Gasteiger partial charge in [-0.25, -0.2) is 0 Å². The number of benzene rings is 1. The fourth-order valence-electron chi connectivity index (χ4n) is 3.72. The van der Waals surface area contributed by atoms with Gasteiger partial charge in [-0.1, -0.05) is 18.2 Å². The molecule has 4 aromatic rings. The van der Waals surface area contributed by atoms with E-state index in [9.17, 15) is 0 Å². The highest BCUT2D eigenvalue weighted by Crippen LogP contribution is 2.31. The van der Waals surface area contributed by atoms with Crippen LogP contribution in [-0.2, 0) is 4.74 Å². The molecule has 3 aromatic heterocycles. The van der Waals surface area contributed by atoms with E-state index in [0.29, 0.717) is 13.2 Å². The molecule has 0 amide bonds. The summed E-state index contributed by atoms with van der Waals surface area (Å²) in [5.74, 6) is 0.859. The van der Waals surface area contributed by atoms with Gasteiger partial charge in [-0.05, 0) is 36.7 Å². The van der Waals surface area contributed by atoms with Crippen LogP contribution in [0.2, 0.25) is 5.28 Å². The second kappa shape index (κ2) is 6.48. The summed E-state index contributed by atoms with van der Waals surface area (Å²) in [5, 5.41) is 2.29. The van der Waals surface area contributed by atoms with Gasteiger partial charge >= 0.3 is 0 Å². The average molecular weight is 380 g/mol. The molecule has 1 unspecified atom stereocenters. The Morgan fingerprint density at radius 1 is 1.11 bits per heavy atom. The van der Waals surface area contributed by atoms with Crippen molar-refractivity contribution in [3.05, 3.63) is 54.1 Å². The molecule has 6 nitrogen and oxygen atoms in total. The first-order valence-electron chi connectivity index (χ1n) is 8.95. The molecule has 4 heterocycles. The van der Waals surface area contributed by atoms with E-state index in [0.717, 1.165) is 40.0 Å². The van der Waals surface area contributed by atoms with Crippen LogP contribution < -0.4 is 4.90 Å². The van der Waals surface area contributed by atoms with Gasteiger partial charge in [0.15, 0.2) is 5.65 Å². The normalized spacial score (nSPS) is 17.7. The van der Waals surface area contributed by atoms with Crippen molar-refractivity contribution in [3.8, 4) is 5.69 Å². The molecule has 1 aromatic carbocycles. The van der Waals surface area contributed by atoms with E-state index < -0.39 is 0 Å². The molecule has 0 aliphatic carbocycles. The van der Waals surface area contributed by atoms with E-state index in [4.69, 9.17) is 16.3 Å². The van der Waals surface area contributed by atoms with Gasteiger partial charge in [0, 0.05) is 24.3 Å². The number of fused-ring (bicyclic) bond motifs is 2. The highest BCUT2D eigenvalue weighted by molar-refractivity contribution is 6.28. The molecule has 0 N–H and O–H groups in total. The zero-order valence-corrected chi connectivity index (χ0v) is 15.6. The summed E-state index contributed by atoms with van der Waals surface area (Å²) in [5.41, 5.74) is 2.76. The number of aromatic nitrogens is 4. The molecular formula is C20H18ClN5O. The maximum absolute atomic E-state index is 6.32. The lowest BCUT2D eigenvalue weighted by Gasteiger charge is -2.34. The number of hydrogen-bond acceptors (Lipinski definition) is 5. The maximum atomic E-state index is 6.32. The fourth-order valence-corrected chi connectivity index (χ4v) is 3.88. The first kappa shape index (κ1) is 16.5. The molecule has 0 bridgehead atoms. The molecule has 0 radical (unpaired) electrons. The largest absolute Gasteiger partial charge is 0.377 e. The standard InChI is InChI=1S/C20H18ClN5O/c1-13-12-27-11-10-25(13)18-15-7-9-26(19(15)24-20(21)23-18)17-6-8-22-16-5-3-2-4-14(16)17/h2-9,13H,10-12H2,1H3.